The second kappa shape index (κ2) is 7.79. The zero-order valence-electron chi connectivity index (χ0n) is 12.4. The maximum absolute atomic E-state index is 11.1. The number of methoxy groups -OCH3 is 1. The van der Waals surface area contributed by atoms with Crippen molar-refractivity contribution in [1.29, 1.82) is 0 Å². The molecule has 0 saturated heterocycles. The van der Waals surface area contributed by atoms with Crippen molar-refractivity contribution in [3.05, 3.63) is 52.6 Å². The molecule has 5 heteroatoms. The summed E-state index contributed by atoms with van der Waals surface area (Å²) < 4.78 is 20.7. The molecule has 1 aromatic carbocycles. The molecule has 2 aromatic rings. The van der Waals surface area contributed by atoms with E-state index in [1.807, 2.05) is 24.3 Å². The zero-order chi connectivity index (χ0) is 15.8. The van der Waals surface area contributed by atoms with Crippen molar-refractivity contribution in [3.8, 4) is 29.1 Å². The Morgan fingerprint density at radius 1 is 0.955 bits per heavy atom. The molecule has 2 rings (SSSR count). The highest BCUT2D eigenvalue weighted by Gasteiger charge is 1.97. The molecule has 0 aliphatic rings. The lowest BCUT2D eigenvalue weighted by atomic mass is 10.3. The van der Waals surface area contributed by atoms with E-state index in [9.17, 15) is 4.79 Å². The van der Waals surface area contributed by atoms with Gasteiger partial charge >= 0.3 is 5.63 Å². The number of benzene rings is 1. The third kappa shape index (κ3) is 4.91. The first kappa shape index (κ1) is 15.5. The van der Waals surface area contributed by atoms with Gasteiger partial charge < -0.3 is 18.6 Å². The average molecular weight is 300 g/mol. The quantitative estimate of drug-likeness (QED) is 0.794. The lowest BCUT2D eigenvalue weighted by Crippen LogP contribution is -2.02. The van der Waals surface area contributed by atoms with E-state index in [1.54, 1.807) is 20.1 Å². The number of hydrogen-bond acceptors (Lipinski definition) is 5. The van der Waals surface area contributed by atoms with Gasteiger partial charge in [-0.1, -0.05) is 11.8 Å². The van der Waals surface area contributed by atoms with Crippen molar-refractivity contribution in [2.24, 2.45) is 0 Å². The van der Waals surface area contributed by atoms with E-state index in [2.05, 4.69) is 11.8 Å². The Morgan fingerprint density at radius 2 is 1.55 bits per heavy atom. The van der Waals surface area contributed by atoms with Crippen LogP contribution in [0.1, 0.15) is 5.76 Å². The third-order valence-electron chi connectivity index (χ3n) is 2.67. The molecule has 0 N–H and O–H groups in total. The van der Waals surface area contributed by atoms with E-state index in [4.69, 9.17) is 18.6 Å². The molecule has 0 spiro atoms. The Morgan fingerprint density at radius 3 is 2.14 bits per heavy atom. The van der Waals surface area contributed by atoms with Crippen molar-refractivity contribution in [3.63, 3.8) is 0 Å². The van der Waals surface area contributed by atoms with Gasteiger partial charge in [-0.15, -0.1) is 0 Å². The molecule has 22 heavy (non-hydrogen) atoms. The first-order valence-corrected chi connectivity index (χ1v) is 6.64. The Labute approximate surface area is 128 Å². The molecule has 114 valence electrons. The van der Waals surface area contributed by atoms with Crippen LogP contribution in [0.25, 0.3) is 0 Å². The number of rotatable bonds is 5. The molecule has 0 fully saturated rings. The number of aryl methyl sites for hydroxylation is 1. The summed E-state index contributed by atoms with van der Waals surface area (Å²) in [4.78, 5) is 11.1. The van der Waals surface area contributed by atoms with Crippen LogP contribution in [0.15, 0.2) is 45.6 Å². The molecule has 0 bridgehead atoms. The van der Waals surface area contributed by atoms with Crippen LogP contribution in [0.2, 0.25) is 0 Å². The minimum Gasteiger partial charge on any atom is -0.497 e. The third-order valence-corrected chi connectivity index (χ3v) is 2.67. The second-order valence-electron chi connectivity index (χ2n) is 4.33. The Kier molecular flexibility index (Phi) is 5.50. The van der Waals surface area contributed by atoms with Gasteiger partial charge in [0.1, 0.15) is 36.2 Å². The van der Waals surface area contributed by atoms with Crippen molar-refractivity contribution in [2.45, 2.75) is 6.92 Å². The van der Waals surface area contributed by atoms with Gasteiger partial charge in [0.15, 0.2) is 0 Å². The maximum Gasteiger partial charge on any atom is 0.339 e. The van der Waals surface area contributed by atoms with Gasteiger partial charge in [0, 0.05) is 6.07 Å². The van der Waals surface area contributed by atoms with Gasteiger partial charge in [0.2, 0.25) is 0 Å². The smallest absolute Gasteiger partial charge is 0.339 e. The predicted octanol–water partition coefficient (Wildman–Crippen LogP) is 2.42. The van der Waals surface area contributed by atoms with E-state index in [-0.39, 0.29) is 13.2 Å². The van der Waals surface area contributed by atoms with E-state index < -0.39 is 5.63 Å². The normalized spacial score (nSPS) is 9.55. The van der Waals surface area contributed by atoms with Crippen LogP contribution >= 0.6 is 0 Å². The molecule has 1 heterocycles. The van der Waals surface area contributed by atoms with Gasteiger partial charge in [-0.25, -0.2) is 4.79 Å². The number of hydrogen-bond donors (Lipinski definition) is 0. The Hall–Kier alpha value is -2.87. The van der Waals surface area contributed by atoms with Crippen LogP contribution in [0, 0.1) is 18.8 Å². The summed E-state index contributed by atoms with van der Waals surface area (Å²) in [6.07, 6.45) is 0. The Bertz CT molecular complexity index is 719. The summed E-state index contributed by atoms with van der Waals surface area (Å²) in [6.45, 7) is 2.11. The van der Waals surface area contributed by atoms with Gasteiger partial charge in [0.25, 0.3) is 0 Å². The summed E-state index contributed by atoms with van der Waals surface area (Å²) in [7, 11) is 1.61. The van der Waals surface area contributed by atoms with Crippen LogP contribution in [-0.4, -0.2) is 20.3 Å². The SMILES string of the molecule is COc1ccc(OCC#CCOc2cc(C)oc(=O)c2)cc1. The lowest BCUT2D eigenvalue weighted by molar-refractivity contribution is 0.355. The topological polar surface area (TPSA) is 57.9 Å². The van der Waals surface area contributed by atoms with E-state index in [0.717, 1.165) is 5.75 Å². The molecule has 0 aliphatic heterocycles. The first-order chi connectivity index (χ1) is 10.7. The second-order valence-corrected chi connectivity index (χ2v) is 4.33. The molecule has 1 aromatic heterocycles. The highest BCUT2D eigenvalue weighted by Crippen LogP contribution is 2.16. The van der Waals surface area contributed by atoms with Crippen LogP contribution < -0.4 is 19.8 Å². The Balaban J connectivity index is 1.76. The summed E-state index contributed by atoms with van der Waals surface area (Å²) in [6, 6.07) is 10.2. The lowest BCUT2D eigenvalue weighted by Gasteiger charge is -2.03. The summed E-state index contributed by atoms with van der Waals surface area (Å²) >= 11 is 0. The molecule has 0 radical (unpaired) electrons. The van der Waals surface area contributed by atoms with Crippen molar-refractivity contribution in [2.75, 3.05) is 20.3 Å². The van der Waals surface area contributed by atoms with Gasteiger partial charge in [-0.2, -0.15) is 0 Å². The zero-order valence-corrected chi connectivity index (χ0v) is 12.4. The van der Waals surface area contributed by atoms with Gasteiger partial charge in [-0.05, 0) is 31.2 Å². The number of ether oxygens (including phenoxy) is 3. The van der Waals surface area contributed by atoms with Crippen LogP contribution in [0.3, 0.4) is 0 Å². The van der Waals surface area contributed by atoms with Crippen LogP contribution in [0.5, 0.6) is 17.2 Å². The molecular formula is C17H16O5. The largest absolute Gasteiger partial charge is 0.497 e. The maximum atomic E-state index is 11.1. The molecule has 0 unspecified atom stereocenters. The molecule has 0 amide bonds. The first-order valence-electron chi connectivity index (χ1n) is 6.64. The van der Waals surface area contributed by atoms with Gasteiger partial charge in [-0.3, -0.25) is 0 Å². The van der Waals surface area contributed by atoms with Crippen molar-refractivity contribution < 1.29 is 18.6 Å². The van der Waals surface area contributed by atoms with Crippen molar-refractivity contribution in [1.82, 2.24) is 0 Å². The minimum atomic E-state index is -0.439. The monoisotopic (exact) mass is 300 g/mol. The summed E-state index contributed by atoms with van der Waals surface area (Å²) in [5.41, 5.74) is -0.439. The van der Waals surface area contributed by atoms with E-state index in [0.29, 0.717) is 17.3 Å². The fourth-order valence-corrected chi connectivity index (χ4v) is 1.67. The van der Waals surface area contributed by atoms with Crippen LogP contribution in [-0.2, 0) is 0 Å². The molecule has 0 aliphatic carbocycles. The highest BCUT2D eigenvalue weighted by molar-refractivity contribution is 5.31. The fourth-order valence-electron chi connectivity index (χ4n) is 1.67. The average Bonchev–Trinajstić information content (AvgIpc) is 2.50. The minimum absolute atomic E-state index is 0.175. The summed E-state index contributed by atoms with van der Waals surface area (Å²) in [5.74, 6) is 8.07. The standard InChI is InChI=1S/C17H16O5/c1-13-11-16(12-17(18)22-13)21-10-4-3-9-20-15-7-5-14(19-2)6-8-15/h5-8,11-12H,9-10H2,1-2H3. The molecule has 0 saturated carbocycles. The molecular weight excluding hydrogens is 284 g/mol. The fraction of sp³-hybridized carbons (Fsp3) is 0.235. The van der Waals surface area contributed by atoms with Crippen LogP contribution in [0.4, 0.5) is 0 Å². The van der Waals surface area contributed by atoms with E-state index in [1.165, 1.54) is 6.07 Å². The van der Waals surface area contributed by atoms with Gasteiger partial charge in [0.05, 0.1) is 13.2 Å². The highest BCUT2D eigenvalue weighted by atomic mass is 16.5. The molecule has 5 nitrogen and oxygen atoms in total. The summed E-state index contributed by atoms with van der Waals surface area (Å²) in [5, 5.41) is 0. The molecule has 0 atom stereocenters. The van der Waals surface area contributed by atoms with E-state index >= 15 is 0 Å². The predicted molar refractivity (Wildman–Crippen MR) is 81.5 cm³/mol. The van der Waals surface area contributed by atoms with Crippen molar-refractivity contribution >= 4 is 0 Å².